The van der Waals surface area contributed by atoms with Crippen molar-refractivity contribution in [2.45, 2.75) is 36.1 Å². The molecule has 1 amide bonds. The first kappa shape index (κ1) is 28.3. The van der Waals surface area contributed by atoms with Crippen molar-refractivity contribution in [2.75, 3.05) is 17.4 Å². The molecule has 0 aliphatic rings. The van der Waals surface area contributed by atoms with Gasteiger partial charge >= 0.3 is 0 Å². The van der Waals surface area contributed by atoms with Crippen LogP contribution in [0.1, 0.15) is 20.3 Å². The van der Waals surface area contributed by atoms with Gasteiger partial charge in [0.25, 0.3) is 5.91 Å². The maximum absolute atomic E-state index is 13.7. The van der Waals surface area contributed by atoms with Crippen LogP contribution in [-0.2, 0) is 14.8 Å². The highest BCUT2D eigenvalue weighted by Gasteiger charge is 2.36. The van der Waals surface area contributed by atoms with E-state index < -0.39 is 22.0 Å². The predicted octanol–water partition coefficient (Wildman–Crippen LogP) is 5.75. The molecule has 1 unspecified atom stereocenters. The number of hydrogen-bond donors (Lipinski definition) is 2. The minimum absolute atomic E-state index is 0.0151. The maximum atomic E-state index is 13.7. The van der Waals surface area contributed by atoms with E-state index in [0.717, 1.165) is 21.1 Å². The number of carbonyl (C=O) groups excluding carboxylic acids is 1. The first-order valence-electron chi connectivity index (χ1n) is 11.7. The van der Waals surface area contributed by atoms with Gasteiger partial charge in [-0.1, -0.05) is 74.5 Å². The Bertz CT molecular complexity index is 1190. The molecule has 3 aromatic rings. The molecule has 0 saturated heterocycles. The molecule has 0 fully saturated rings. The summed E-state index contributed by atoms with van der Waals surface area (Å²) in [6.07, 6.45) is 0.278. The molecule has 0 aliphatic heterocycles. The molecule has 0 heterocycles. The molecule has 36 heavy (non-hydrogen) atoms. The van der Waals surface area contributed by atoms with Crippen LogP contribution in [0.15, 0.2) is 94.7 Å². The van der Waals surface area contributed by atoms with Crippen molar-refractivity contribution < 1.29 is 18.4 Å². The minimum Gasteiger partial charge on any atom is -0.289 e. The molecule has 0 spiro atoms. The summed E-state index contributed by atoms with van der Waals surface area (Å²) in [5.41, 5.74) is 3.57. The van der Waals surface area contributed by atoms with E-state index in [0.29, 0.717) is 5.75 Å². The molecule has 0 saturated carbocycles. The second-order valence-corrected chi connectivity index (χ2v) is 13.0. The van der Waals surface area contributed by atoms with Crippen LogP contribution in [0.4, 0.5) is 0 Å². The number of sulfonamides is 1. The van der Waals surface area contributed by atoms with Crippen molar-refractivity contribution in [1.82, 2.24) is 9.79 Å². The first-order valence-corrected chi connectivity index (χ1v) is 15.3. The first-order chi connectivity index (χ1) is 17.3. The quantitative estimate of drug-likeness (QED) is 0.0937. The fraction of sp³-hybridized carbons (Fsp3) is 0.296. The Balaban J connectivity index is 1.76. The molecule has 0 aromatic heterocycles. The summed E-state index contributed by atoms with van der Waals surface area (Å²) in [5.74, 6) is -0.176. The lowest BCUT2D eigenvalue weighted by Gasteiger charge is -2.30. The third-order valence-electron chi connectivity index (χ3n) is 5.46. The van der Waals surface area contributed by atoms with Gasteiger partial charge in [0, 0.05) is 16.5 Å². The van der Waals surface area contributed by atoms with E-state index in [1.807, 2.05) is 74.5 Å². The second-order valence-electron chi connectivity index (χ2n) is 8.62. The topological polar surface area (TPSA) is 86.7 Å². The molecule has 6 nitrogen and oxygen atoms in total. The Labute approximate surface area is 222 Å². The number of rotatable bonds is 13. The van der Waals surface area contributed by atoms with E-state index in [2.05, 4.69) is 0 Å². The van der Waals surface area contributed by atoms with Crippen LogP contribution in [0, 0.1) is 5.92 Å². The Morgan fingerprint density at radius 2 is 1.50 bits per heavy atom. The number of thioether (sulfide) groups is 2. The molecule has 0 aliphatic carbocycles. The molecule has 1 atom stereocenters. The lowest BCUT2D eigenvalue weighted by Crippen LogP contribution is -2.50. The lowest BCUT2D eigenvalue weighted by molar-refractivity contribution is -0.133. The molecule has 3 rings (SSSR count). The van der Waals surface area contributed by atoms with Crippen LogP contribution < -0.4 is 5.48 Å². The zero-order chi connectivity index (χ0) is 26.0. The summed E-state index contributed by atoms with van der Waals surface area (Å²) in [4.78, 5) is 13.9. The number of benzene rings is 3. The average Bonchev–Trinajstić information content (AvgIpc) is 2.90. The van der Waals surface area contributed by atoms with Gasteiger partial charge in [0.05, 0.1) is 4.90 Å². The second kappa shape index (κ2) is 13.9. The van der Waals surface area contributed by atoms with Gasteiger partial charge in [0.2, 0.25) is 10.0 Å². The zero-order valence-corrected chi connectivity index (χ0v) is 22.9. The van der Waals surface area contributed by atoms with E-state index >= 15 is 0 Å². The van der Waals surface area contributed by atoms with Crippen molar-refractivity contribution in [1.29, 1.82) is 0 Å². The Kier molecular flexibility index (Phi) is 10.9. The summed E-state index contributed by atoms with van der Waals surface area (Å²) in [5, 5.41) is 10.2. The van der Waals surface area contributed by atoms with Crippen LogP contribution in [0.25, 0.3) is 11.1 Å². The summed E-state index contributed by atoms with van der Waals surface area (Å²) in [6.45, 7) is 3.96. The fourth-order valence-corrected chi connectivity index (χ4v) is 7.57. The lowest BCUT2D eigenvalue weighted by atomic mass is 10.1. The van der Waals surface area contributed by atoms with Gasteiger partial charge in [-0.05, 0) is 53.5 Å². The molecule has 0 bridgehead atoms. The molecule has 192 valence electrons. The van der Waals surface area contributed by atoms with Crippen molar-refractivity contribution in [3.8, 4) is 11.1 Å². The molecule has 3 aromatic carbocycles. The third-order valence-corrected chi connectivity index (χ3v) is 9.62. The van der Waals surface area contributed by atoms with E-state index in [-0.39, 0.29) is 23.8 Å². The summed E-state index contributed by atoms with van der Waals surface area (Å²) < 4.78 is 28.6. The highest BCUT2D eigenvalue weighted by molar-refractivity contribution is 8.16. The number of carbonyl (C=O) groups is 1. The third kappa shape index (κ3) is 7.85. The molecular formula is C27H32N2O4S3. The van der Waals surface area contributed by atoms with E-state index in [1.165, 1.54) is 4.31 Å². The van der Waals surface area contributed by atoms with Crippen molar-refractivity contribution in [3.05, 3.63) is 84.9 Å². The van der Waals surface area contributed by atoms with E-state index in [4.69, 9.17) is 0 Å². The van der Waals surface area contributed by atoms with Crippen LogP contribution in [0.5, 0.6) is 0 Å². The highest BCUT2D eigenvalue weighted by Crippen LogP contribution is 2.27. The molecule has 2 N–H and O–H groups in total. The van der Waals surface area contributed by atoms with Crippen LogP contribution in [0.3, 0.4) is 0 Å². The van der Waals surface area contributed by atoms with Gasteiger partial charge in [-0.15, -0.1) is 11.8 Å². The summed E-state index contributed by atoms with van der Waals surface area (Å²) >= 11 is 3.31. The Morgan fingerprint density at radius 3 is 2.08 bits per heavy atom. The Hall–Kier alpha value is -2.30. The monoisotopic (exact) mass is 544 g/mol. The van der Waals surface area contributed by atoms with Gasteiger partial charge in [-0.3, -0.25) is 10.0 Å². The largest absolute Gasteiger partial charge is 0.289 e. The van der Waals surface area contributed by atoms with Gasteiger partial charge in [0.15, 0.2) is 0 Å². The Morgan fingerprint density at radius 1 is 0.917 bits per heavy atom. The smallest absolute Gasteiger partial charge is 0.261 e. The van der Waals surface area contributed by atoms with Crippen LogP contribution in [-0.4, -0.2) is 47.3 Å². The fourth-order valence-electron chi connectivity index (χ4n) is 3.70. The van der Waals surface area contributed by atoms with E-state index in [1.54, 1.807) is 53.3 Å². The number of amides is 1. The molecule has 9 heteroatoms. The molecular weight excluding hydrogens is 513 g/mol. The minimum atomic E-state index is -3.99. The molecule has 0 radical (unpaired) electrons. The zero-order valence-electron chi connectivity index (χ0n) is 20.4. The average molecular weight is 545 g/mol. The number of hydrogen-bond acceptors (Lipinski definition) is 6. The number of nitrogens with one attached hydrogen (secondary N) is 1. The van der Waals surface area contributed by atoms with Crippen molar-refractivity contribution >= 4 is 39.5 Å². The van der Waals surface area contributed by atoms with Gasteiger partial charge in [-0.25, -0.2) is 13.9 Å². The predicted molar refractivity (Wildman–Crippen MR) is 149 cm³/mol. The summed E-state index contributed by atoms with van der Waals surface area (Å²) in [6, 6.07) is 25.4. The van der Waals surface area contributed by atoms with Crippen molar-refractivity contribution in [3.63, 3.8) is 0 Å². The SMILES string of the molecule is CC(C)CN(C(CCSCSc1ccccc1)C(=O)NO)S(=O)(=O)c1ccc(-c2ccccc2)cc1. The van der Waals surface area contributed by atoms with Crippen LogP contribution in [0.2, 0.25) is 0 Å². The van der Waals surface area contributed by atoms with Gasteiger partial charge in [-0.2, -0.15) is 16.1 Å². The maximum Gasteiger partial charge on any atom is 0.261 e. The van der Waals surface area contributed by atoms with Crippen molar-refractivity contribution in [2.24, 2.45) is 5.92 Å². The van der Waals surface area contributed by atoms with E-state index in [9.17, 15) is 18.4 Å². The highest BCUT2D eigenvalue weighted by atomic mass is 32.2. The van der Waals surface area contributed by atoms with Gasteiger partial charge < -0.3 is 0 Å². The van der Waals surface area contributed by atoms with Gasteiger partial charge in [0.1, 0.15) is 6.04 Å². The summed E-state index contributed by atoms with van der Waals surface area (Å²) in [7, 11) is -3.99. The van der Waals surface area contributed by atoms with Crippen LogP contribution >= 0.6 is 23.5 Å². The number of hydroxylamine groups is 1. The normalized spacial score (nSPS) is 12.6. The standard InChI is InChI=1S/C27H32N2O4S3/c1-21(2)19-29(26(27(30)28-31)17-18-34-20-35-24-11-7-4-8-12-24)36(32,33)25-15-13-23(14-16-25)22-9-5-3-6-10-22/h3-16,21,26,31H,17-20H2,1-2H3,(H,28,30). The number of nitrogens with zero attached hydrogens (tertiary/aromatic N) is 1.